The summed E-state index contributed by atoms with van der Waals surface area (Å²) in [6.45, 7) is 3.29. The second-order valence-electron chi connectivity index (χ2n) is 5.80. The number of ether oxygens (including phenoxy) is 1. The maximum absolute atomic E-state index is 12.9. The van der Waals surface area contributed by atoms with Gasteiger partial charge in [0.1, 0.15) is 0 Å². The van der Waals surface area contributed by atoms with E-state index in [-0.39, 0.29) is 23.4 Å². The molecule has 27 heavy (non-hydrogen) atoms. The van der Waals surface area contributed by atoms with Crippen molar-refractivity contribution < 1.29 is 35.9 Å². The zero-order valence-electron chi connectivity index (χ0n) is 14.1. The summed E-state index contributed by atoms with van der Waals surface area (Å²) in [5.41, 5.74) is -3.33. The van der Waals surface area contributed by atoms with E-state index in [2.05, 4.69) is 4.98 Å². The number of esters is 1. The average molecular weight is 392 g/mol. The quantitative estimate of drug-likeness (QED) is 0.417. The second kappa shape index (κ2) is 7.45. The molecular formula is C17H14F6N2O2. The molecule has 0 spiro atoms. The molecular weight excluding hydrogens is 378 g/mol. The minimum absolute atomic E-state index is 0.0440. The number of benzene rings is 1. The highest BCUT2D eigenvalue weighted by molar-refractivity contribution is 5.85. The van der Waals surface area contributed by atoms with Gasteiger partial charge in [-0.3, -0.25) is 0 Å². The van der Waals surface area contributed by atoms with Gasteiger partial charge in [-0.15, -0.1) is 0 Å². The molecule has 2 aromatic rings. The summed E-state index contributed by atoms with van der Waals surface area (Å²) in [6.07, 6.45) is -5.63. The van der Waals surface area contributed by atoms with Crippen LogP contribution < -0.4 is 0 Å². The number of carbonyl (C=O) groups is 1. The van der Waals surface area contributed by atoms with Crippen molar-refractivity contribution in [1.82, 2.24) is 9.55 Å². The molecule has 10 heteroatoms. The molecule has 0 unspecified atom stereocenters. The van der Waals surface area contributed by atoms with Gasteiger partial charge < -0.3 is 9.30 Å². The number of alkyl halides is 6. The maximum Gasteiger partial charge on any atom is 0.416 e. The lowest BCUT2D eigenvalue weighted by Gasteiger charge is -2.13. The zero-order valence-corrected chi connectivity index (χ0v) is 14.1. The van der Waals surface area contributed by atoms with E-state index in [1.165, 1.54) is 17.0 Å². The van der Waals surface area contributed by atoms with E-state index in [4.69, 9.17) is 4.74 Å². The smallest absolute Gasteiger partial charge is 0.416 e. The number of hydrogen-bond acceptors (Lipinski definition) is 3. The molecule has 0 amide bonds. The third-order valence-corrected chi connectivity index (χ3v) is 3.22. The molecule has 0 aliphatic rings. The Balaban J connectivity index is 2.37. The molecule has 0 aliphatic carbocycles. The van der Waals surface area contributed by atoms with Crippen LogP contribution in [0.4, 0.5) is 26.3 Å². The zero-order chi connectivity index (χ0) is 20.4. The highest BCUT2D eigenvalue weighted by Gasteiger charge is 2.37. The first-order valence-electron chi connectivity index (χ1n) is 7.58. The fourth-order valence-corrected chi connectivity index (χ4v) is 2.09. The molecule has 0 saturated carbocycles. The summed E-state index contributed by atoms with van der Waals surface area (Å²) in [5, 5.41) is 0. The Morgan fingerprint density at radius 1 is 1.07 bits per heavy atom. The standard InChI is InChI=1S/C17H14F6N2O2/c1-10(2)27-15(26)3-4-25-8-14(24-9-25)11-5-12(16(18,19)20)7-13(6-11)17(21,22)23/h3-10H,1-2H3/b4-3+. The summed E-state index contributed by atoms with van der Waals surface area (Å²) >= 11 is 0. The predicted octanol–water partition coefficient (Wildman–Crippen LogP) is 5.01. The lowest BCUT2D eigenvalue weighted by molar-refractivity contribution is -0.143. The SMILES string of the molecule is CC(C)OC(=O)/C=C/n1cnc(-c2cc(C(F)(F)F)cc(C(F)(F)F)c2)c1. The van der Waals surface area contributed by atoms with Gasteiger partial charge in [0.2, 0.25) is 0 Å². The van der Waals surface area contributed by atoms with Crippen molar-refractivity contribution in [3.05, 3.63) is 47.9 Å². The first-order chi connectivity index (χ1) is 12.4. The molecule has 1 heterocycles. The summed E-state index contributed by atoms with van der Waals surface area (Å²) in [4.78, 5) is 15.2. The minimum Gasteiger partial charge on any atom is -0.460 e. The number of hydrogen-bond donors (Lipinski definition) is 0. The van der Waals surface area contributed by atoms with Crippen LogP contribution in [-0.4, -0.2) is 21.6 Å². The Labute approximate surface area is 150 Å². The van der Waals surface area contributed by atoms with Crippen molar-refractivity contribution in [3.8, 4) is 11.3 Å². The third-order valence-electron chi connectivity index (χ3n) is 3.22. The van der Waals surface area contributed by atoms with Crippen molar-refractivity contribution in [3.63, 3.8) is 0 Å². The van der Waals surface area contributed by atoms with Crippen LogP contribution in [-0.2, 0) is 21.9 Å². The molecule has 0 atom stereocenters. The fourth-order valence-electron chi connectivity index (χ4n) is 2.09. The molecule has 0 N–H and O–H groups in total. The highest BCUT2D eigenvalue weighted by Crippen LogP contribution is 2.38. The normalized spacial score (nSPS) is 12.8. The summed E-state index contributed by atoms with van der Waals surface area (Å²) in [7, 11) is 0. The Morgan fingerprint density at radius 2 is 1.63 bits per heavy atom. The Kier molecular flexibility index (Phi) is 5.67. The Bertz CT molecular complexity index is 818. The number of imidazole rings is 1. The monoisotopic (exact) mass is 392 g/mol. The molecule has 1 aromatic heterocycles. The minimum atomic E-state index is -4.95. The first kappa shape index (κ1) is 20.5. The van der Waals surface area contributed by atoms with Crippen LogP contribution in [0.2, 0.25) is 0 Å². The van der Waals surface area contributed by atoms with Crippen molar-refractivity contribution in [2.45, 2.75) is 32.3 Å². The van der Waals surface area contributed by atoms with Gasteiger partial charge in [-0.25, -0.2) is 9.78 Å². The van der Waals surface area contributed by atoms with Gasteiger partial charge >= 0.3 is 18.3 Å². The molecule has 146 valence electrons. The van der Waals surface area contributed by atoms with E-state index in [1.54, 1.807) is 13.8 Å². The molecule has 0 fully saturated rings. The van der Waals surface area contributed by atoms with Gasteiger partial charge in [0.15, 0.2) is 0 Å². The fraction of sp³-hybridized carbons (Fsp3) is 0.294. The van der Waals surface area contributed by atoms with E-state index in [1.807, 2.05) is 0 Å². The molecule has 4 nitrogen and oxygen atoms in total. The van der Waals surface area contributed by atoms with Crippen LogP contribution in [0, 0.1) is 0 Å². The average Bonchev–Trinajstić information content (AvgIpc) is 2.99. The van der Waals surface area contributed by atoms with Crippen LogP contribution in [0.15, 0.2) is 36.8 Å². The van der Waals surface area contributed by atoms with Crippen LogP contribution in [0.5, 0.6) is 0 Å². The highest BCUT2D eigenvalue weighted by atomic mass is 19.4. The van der Waals surface area contributed by atoms with Gasteiger partial charge in [0, 0.05) is 24.0 Å². The van der Waals surface area contributed by atoms with Crippen LogP contribution in [0.25, 0.3) is 17.5 Å². The molecule has 0 radical (unpaired) electrons. The van der Waals surface area contributed by atoms with E-state index >= 15 is 0 Å². The molecule has 2 rings (SSSR count). The number of aromatic nitrogens is 2. The topological polar surface area (TPSA) is 44.1 Å². The number of rotatable bonds is 4. The first-order valence-corrected chi connectivity index (χ1v) is 7.58. The van der Waals surface area contributed by atoms with E-state index < -0.39 is 29.4 Å². The number of halogens is 6. The second-order valence-corrected chi connectivity index (χ2v) is 5.80. The van der Waals surface area contributed by atoms with E-state index in [9.17, 15) is 31.1 Å². The van der Waals surface area contributed by atoms with Gasteiger partial charge in [0.05, 0.1) is 29.3 Å². The van der Waals surface area contributed by atoms with Crippen LogP contribution >= 0.6 is 0 Å². The summed E-state index contributed by atoms with van der Waals surface area (Å²) in [5.74, 6) is -0.654. The van der Waals surface area contributed by atoms with Gasteiger partial charge in [0.25, 0.3) is 0 Å². The summed E-state index contributed by atoms with van der Waals surface area (Å²) in [6, 6.07) is 1.21. The van der Waals surface area contributed by atoms with E-state index in [0.717, 1.165) is 12.4 Å². The largest absolute Gasteiger partial charge is 0.460 e. The van der Waals surface area contributed by atoms with Gasteiger partial charge in [-0.2, -0.15) is 26.3 Å². The third kappa shape index (κ3) is 5.60. The van der Waals surface area contributed by atoms with Crippen LogP contribution in [0.1, 0.15) is 25.0 Å². The summed E-state index contributed by atoms with van der Waals surface area (Å²) < 4.78 is 83.6. The molecule has 0 saturated heterocycles. The van der Waals surface area contributed by atoms with Crippen molar-refractivity contribution >= 4 is 12.2 Å². The lowest BCUT2D eigenvalue weighted by Crippen LogP contribution is -2.11. The van der Waals surface area contributed by atoms with E-state index in [0.29, 0.717) is 12.1 Å². The number of carbonyl (C=O) groups excluding carboxylic acids is 1. The maximum atomic E-state index is 12.9. The Hall–Kier alpha value is -2.78. The van der Waals surface area contributed by atoms with Gasteiger partial charge in [-0.1, -0.05) is 0 Å². The van der Waals surface area contributed by atoms with Crippen LogP contribution in [0.3, 0.4) is 0 Å². The van der Waals surface area contributed by atoms with Gasteiger partial charge in [-0.05, 0) is 32.0 Å². The Morgan fingerprint density at radius 3 is 2.11 bits per heavy atom. The molecule has 0 aliphatic heterocycles. The predicted molar refractivity (Wildman–Crippen MR) is 84.2 cm³/mol. The molecule has 1 aromatic carbocycles. The van der Waals surface area contributed by atoms with Crippen molar-refractivity contribution in [1.29, 1.82) is 0 Å². The number of nitrogens with zero attached hydrogens (tertiary/aromatic N) is 2. The molecule has 0 bridgehead atoms. The lowest BCUT2D eigenvalue weighted by atomic mass is 10.0. The van der Waals surface area contributed by atoms with Crippen molar-refractivity contribution in [2.75, 3.05) is 0 Å². The van der Waals surface area contributed by atoms with Crippen molar-refractivity contribution in [2.24, 2.45) is 0 Å².